The largest absolute Gasteiger partial charge is 0.462 e. The smallest absolute Gasteiger partial charge is 0.338 e. The molecule has 34 heavy (non-hydrogen) atoms. The van der Waals surface area contributed by atoms with Crippen LogP contribution in [-0.2, 0) is 9.53 Å². The molecule has 1 aliphatic heterocycles. The van der Waals surface area contributed by atoms with Crippen molar-refractivity contribution in [3.63, 3.8) is 0 Å². The van der Waals surface area contributed by atoms with Crippen molar-refractivity contribution in [2.75, 3.05) is 18.1 Å². The maximum absolute atomic E-state index is 13.1. The molecule has 0 atom stereocenters. The van der Waals surface area contributed by atoms with Crippen molar-refractivity contribution < 1.29 is 23.8 Å². The van der Waals surface area contributed by atoms with Gasteiger partial charge in [0.1, 0.15) is 11.5 Å². The summed E-state index contributed by atoms with van der Waals surface area (Å²) in [5.41, 5.74) is 1.55. The molecule has 0 radical (unpaired) electrons. The molecule has 0 bridgehead atoms. The zero-order valence-electron chi connectivity index (χ0n) is 17.9. The molecule has 3 aromatic rings. The van der Waals surface area contributed by atoms with E-state index in [-0.39, 0.29) is 19.1 Å². The summed E-state index contributed by atoms with van der Waals surface area (Å²) in [6.07, 6.45) is 2.77. The number of ether oxygens (including phenoxy) is 1. The SMILES string of the molecule is O=C(OCCCCO)c1cccc(N2C(=O)/C(=C\c3ccc(-c4ccccc4Cl)o3)SC2=S)c1. The molecular formula is C25H20ClNO5S2. The molecule has 1 fully saturated rings. The van der Waals surface area contributed by atoms with Crippen molar-refractivity contribution in [1.29, 1.82) is 0 Å². The Morgan fingerprint density at radius 3 is 2.76 bits per heavy atom. The molecule has 0 unspecified atom stereocenters. The number of benzene rings is 2. The normalized spacial score (nSPS) is 14.8. The average Bonchev–Trinajstić information content (AvgIpc) is 3.41. The molecule has 2 heterocycles. The molecule has 1 aromatic heterocycles. The molecule has 1 saturated heterocycles. The van der Waals surface area contributed by atoms with Crippen molar-refractivity contribution in [2.24, 2.45) is 0 Å². The molecule has 0 saturated carbocycles. The molecule has 0 spiro atoms. The minimum Gasteiger partial charge on any atom is -0.462 e. The second-order valence-electron chi connectivity index (χ2n) is 7.32. The van der Waals surface area contributed by atoms with Gasteiger partial charge in [-0.2, -0.15) is 0 Å². The van der Waals surface area contributed by atoms with Gasteiger partial charge in [-0.15, -0.1) is 0 Å². The molecule has 1 aliphatic rings. The molecule has 9 heteroatoms. The van der Waals surface area contributed by atoms with E-state index in [0.717, 1.165) is 17.3 Å². The second-order valence-corrected chi connectivity index (χ2v) is 9.40. The number of nitrogens with zero attached hydrogens (tertiary/aromatic N) is 1. The number of anilines is 1. The third-order valence-corrected chi connectivity index (χ3v) is 6.59. The second kappa shape index (κ2) is 11.0. The Labute approximate surface area is 211 Å². The molecule has 1 amide bonds. The summed E-state index contributed by atoms with van der Waals surface area (Å²) in [5.74, 6) is 0.288. The fraction of sp³-hybridized carbons (Fsp3) is 0.160. The maximum Gasteiger partial charge on any atom is 0.338 e. The predicted octanol–water partition coefficient (Wildman–Crippen LogP) is 5.94. The average molecular weight is 514 g/mol. The van der Waals surface area contributed by atoms with Gasteiger partial charge in [0.2, 0.25) is 0 Å². The number of amides is 1. The number of furan rings is 1. The van der Waals surface area contributed by atoms with Crippen molar-refractivity contribution in [3.8, 4) is 11.3 Å². The summed E-state index contributed by atoms with van der Waals surface area (Å²) in [5, 5.41) is 9.40. The Morgan fingerprint density at radius 1 is 1.15 bits per heavy atom. The van der Waals surface area contributed by atoms with Crippen LogP contribution in [0.3, 0.4) is 0 Å². The lowest BCUT2D eigenvalue weighted by atomic mass is 10.2. The van der Waals surface area contributed by atoms with Gasteiger partial charge in [-0.3, -0.25) is 9.69 Å². The standard InChI is InChI=1S/C25H20ClNO5S2/c26-20-9-2-1-8-19(20)21-11-10-18(32-21)15-22-23(29)27(25(33)34-22)17-7-5-6-16(14-17)24(30)31-13-4-3-12-28/h1-2,5-11,14-15,28H,3-4,12-13H2/b22-15+. The van der Waals surface area contributed by atoms with Crippen LogP contribution in [0.15, 0.2) is 70.0 Å². The Kier molecular flexibility index (Phi) is 7.84. The third kappa shape index (κ3) is 5.42. The van der Waals surface area contributed by atoms with Crippen LogP contribution in [0.5, 0.6) is 0 Å². The monoisotopic (exact) mass is 513 g/mol. The van der Waals surface area contributed by atoms with Crippen LogP contribution in [0.4, 0.5) is 5.69 Å². The van der Waals surface area contributed by atoms with Crippen LogP contribution >= 0.6 is 35.6 Å². The summed E-state index contributed by atoms with van der Waals surface area (Å²) < 4.78 is 11.5. The van der Waals surface area contributed by atoms with Crippen molar-refractivity contribution in [3.05, 3.63) is 81.9 Å². The fourth-order valence-electron chi connectivity index (χ4n) is 3.29. The molecule has 6 nitrogen and oxygen atoms in total. The van der Waals surface area contributed by atoms with E-state index in [1.165, 1.54) is 4.90 Å². The number of aliphatic hydroxyl groups excluding tert-OH is 1. The predicted molar refractivity (Wildman–Crippen MR) is 138 cm³/mol. The first-order valence-corrected chi connectivity index (χ1v) is 12.1. The van der Waals surface area contributed by atoms with Crippen LogP contribution in [0.2, 0.25) is 5.02 Å². The van der Waals surface area contributed by atoms with Crippen molar-refractivity contribution in [2.45, 2.75) is 12.8 Å². The summed E-state index contributed by atoms with van der Waals surface area (Å²) in [7, 11) is 0. The minimum absolute atomic E-state index is 0.0500. The fourth-order valence-corrected chi connectivity index (χ4v) is 4.80. The van der Waals surface area contributed by atoms with Crippen molar-refractivity contribution >= 4 is 63.5 Å². The minimum atomic E-state index is -0.497. The first kappa shape index (κ1) is 24.2. The number of unbranched alkanes of at least 4 members (excludes halogenated alkanes) is 1. The van der Waals surface area contributed by atoms with Gasteiger partial charge < -0.3 is 14.3 Å². The number of thiocarbonyl (C=S) groups is 1. The summed E-state index contributed by atoms with van der Waals surface area (Å²) in [6.45, 7) is 0.265. The number of esters is 1. The number of aliphatic hydroxyl groups is 1. The van der Waals surface area contributed by atoms with Crippen LogP contribution in [0.1, 0.15) is 29.0 Å². The highest BCUT2D eigenvalue weighted by Gasteiger charge is 2.34. The zero-order valence-corrected chi connectivity index (χ0v) is 20.3. The van der Waals surface area contributed by atoms with Crippen molar-refractivity contribution in [1.82, 2.24) is 0 Å². The Morgan fingerprint density at radius 2 is 1.97 bits per heavy atom. The number of thioether (sulfide) groups is 1. The first-order valence-electron chi connectivity index (χ1n) is 10.5. The van der Waals surface area contributed by atoms with E-state index in [0.29, 0.717) is 49.9 Å². The third-order valence-electron chi connectivity index (χ3n) is 4.96. The van der Waals surface area contributed by atoms with E-state index in [2.05, 4.69) is 0 Å². The lowest BCUT2D eigenvalue weighted by molar-refractivity contribution is -0.113. The topological polar surface area (TPSA) is 80.0 Å². The number of carbonyl (C=O) groups excluding carboxylic acids is 2. The van der Waals surface area contributed by atoms with Gasteiger partial charge in [0.25, 0.3) is 5.91 Å². The molecule has 4 rings (SSSR count). The quantitative estimate of drug-likeness (QED) is 0.173. The Bertz CT molecular complexity index is 1270. The van der Waals surface area contributed by atoms with Gasteiger partial charge >= 0.3 is 5.97 Å². The van der Waals surface area contributed by atoms with Gasteiger partial charge in [-0.1, -0.05) is 53.8 Å². The van der Waals surface area contributed by atoms with Crippen LogP contribution in [0.25, 0.3) is 17.4 Å². The highest BCUT2D eigenvalue weighted by Crippen LogP contribution is 2.37. The van der Waals surface area contributed by atoms with E-state index in [4.69, 9.17) is 38.1 Å². The molecular weight excluding hydrogens is 494 g/mol. The van der Waals surface area contributed by atoms with E-state index >= 15 is 0 Å². The van der Waals surface area contributed by atoms with Gasteiger partial charge in [-0.25, -0.2) is 4.79 Å². The van der Waals surface area contributed by atoms with Crippen LogP contribution < -0.4 is 4.90 Å². The molecule has 1 N–H and O–H groups in total. The first-order chi connectivity index (χ1) is 16.5. The van der Waals surface area contributed by atoms with E-state index in [1.54, 1.807) is 48.5 Å². The Hall–Kier alpha value is -2.91. The van der Waals surface area contributed by atoms with Gasteiger partial charge in [0.05, 0.1) is 27.8 Å². The lowest BCUT2D eigenvalue weighted by Gasteiger charge is -2.15. The maximum atomic E-state index is 13.1. The van der Waals surface area contributed by atoms with Crippen LogP contribution in [0, 0.1) is 0 Å². The number of hydrogen-bond donors (Lipinski definition) is 1. The van der Waals surface area contributed by atoms with E-state index in [9.17, 15) is 9.59 Å². The molecule has 0 aliphatic carbocycles. The number of carbonyl (C=O) groups is 2. The molecule has 2 aromatic carbocycles. The highest BCUT2D eigenvalue weighted by atomic mass is 35.5. The van der Waals surface area contributed by atoms with E-state index < -0.39 is 5.97 Å². The number of hydrogen-bond acceptors (Lipinski definition) is 7. The van der Waals surface area contributed by atoms with Gasteiger partial charge in [0, 0.05) is 18.2 Å². The summed E-state index contributed by atoms with van der Waals surface area (Å²) >= 11 is 12.8. The Balaban J connectivity index is 1.51. The number of halogens is 1. The zero-order chi connectivity index (χ0) is 24.1. The highest BCUT2D eigenvalue weighted by molar-refractivity contribution is 8.27. The molecule has 174 valence electrons. The summed E-state index contributed by atoms with van der Waals surface area (Å²) in [4.78, 5) is 27.2. The van der Waals surface area contributed by atoms with Gasteiger partial charge in [-0.05, 0) is 55.3 Å². The number of rotatable bonds is 8. The summed E-state index contributed by atoms with van der Waals surface area (Å²) in [6, 6.07) is 17.5. The van der Waals surface area contributed by atoms with E-state index in [1.807, 2.05) is 18.2 Å². The van der Waals surface area contributed by atoms with Gasteiger partial charge in [0.15, 0.2) is 4.32 Å². The lowest BCUT2D eigenvalue weighted by Crippen LogP contribution is -2.27. The van der Waals surface area contributed by atoms with Crippen LogP contribution in [-0.4, -0.2) is 34.5 Å².